The molecule has 2 bridgehead atoms. The van der Waals surface area contributed by atoms with Gasteiger partial charge in [-0.3, -0.25) is 4.79 Å². The van der Waals surface area contributed by atoms with Crippen LogP contribution in [0.25, 0.3) is 43.6 Å². The van der Waals surface area contributed by atoms with Gasteiger partial charge in [0.1, 0.15) is 0 Å². The monoisotopic (exact) mass is 613 g/mol. The number of methoxy groups -OCH3 is 1. The van der Waals surface area contributed by atoms with Crippen LogP contribution in [0, 0.1) is 0 Å². The molecule has 222 valence electrons. The smallest absolute Gasteiger partial charge is 0.340 e. The fourth-order valence-corrected chi connectivity index (χ4v) is 9.62. The van der Waals surface area contributed by atoms with E-state index in [9.17, 15) is 14.7 Å². The summed E-state index contributed by atoms with van der Waals surface area (Å²) in [5, 5.41) is 19.7. The summed E-state index contributed by atoms with van der Waals surface area (Å²) in [6.07, 6.45) is 0.792. The Morgan fingerprint density at radius 3 is 2.30 bits per heavy atom. The van der Waals surface area contributed by atoms with Crippen LogP contribution in [-0.4, -0.2) is 50.3 Å². The molecule has 2 aromatic heterocycles. The quantitative estimate of drug-likeness (QED) is 0.201. The number of fused-ring (bicyclic) bond motifs is 13. The Morgan fingerprint density at radius 1 is 1.00 bits per heavy atom. The van der Waals surface area contributed by atoms with Crippen LogP contribution in [0.3, 0.4) is 0 Å². The van der Waals surface area contributed by atoms with Crippen LogP contribution in [0.15, 0.2) is 36.4 Å². The molecule has 1 amide bonds. The lowest BCUT2D eigenvalue weighted by molar-refractivity contribution is -0.171. The van der Waals surface area contributed by atoms with Crippen molar-refractivity contribution in [1.29, 1.82) is 0 Å². The van der Waals surface area contributed by atoms with E-state index in [1.54, 1.807) is 0 Å². The number of aromatic nitrogens is 2. The van der Waals surface area contributed by atoms with E-state index in [0.29, 0.717) is 13.0 Å². The van der Waals surface area contributed by atoms with E-state index in [1.165, 1.54) is 18.2 Å². The number of esters is 1. The highest BCUT2D eigenvalue weighted by Crippen LogP contribution is 2.59. The first kappa shape index (κ1) is 27.4. The molecule has 2 aliphatic heterocycles. The molecule has 1 saturated carbocycles. The van der Waals surface area contributed by atoms with Gasteiger partial charge in [-0.1, -0.05) is 26.0 Å². The SMILES string of the molecule is CCSCc1ccc2c(c1)c1c3c(c4c5cc(CSCC)ccc5n5c4c1n2[C@H]1C[C@](O)(C(=O)OC)[C@]5(C)C1)CNC3=O. The molecule has 3 aliphatic rings. The Bertz CT molecular complexity index is 2040. The van der Waals surface area contributed by atoms with Crippen LogP contribution in [0.5, 0.6) is 0 Å². The number of amides is 1. The van der Waals surface area contributed by atoms with E-state index in [1.807, 2.05) is 30.4 Å². The van der Waals surface area contributed by atoms with E-state index in [4.69, 9.17) is 4.74 Å². The zero-order valence-corrected chi connectivity index (χ0v) is 26.5. The Balaban J connectivity index is 1.60. The summed E-state index contributed by atoms with van der Waals surface area (Å²) in [5.41, 5.74) is 5.56. The predicted octanol–water partition coefficient (Wildman–Crippen LogP) is 6.62. The summed E-state index contributed by atoms with van der Waals surface area (Å²) in [5.74, 6) is 3.22. The minimum atomic E-state index is -1.73. The van der Waals surface area contributed by atoms with Crippen LogP contribution in [-0.2, 0) is 33.1 Å². The topological polar surface area (TPSA) is 85.5 Å². The second kappa shape index (κ2) is 9.43. The molecule has 8 rings (SSSR count). The van der Waals surface area contributed by atoms with Gasteiger partial charge in [0.2, 0.25) is 0 Å². The largest absolute Gasteiger partial charge is 0.467 e. The Hall–Kier alpha value is -3.14. The molecule has 0 spiro atoms. The zero-order valence-electron chi connectivity index (χ0n) is 24.9. The van der Waals surface area contributed by atoms with Crippen LogP contribution in [0.1, 0.15) is 66.7 Å². The van der Waals surface area contributed by atoms with Gasteiger partial charge in [0.15, 0.2) is 5.60 Å². The number of ether oxygens (including phenoxy) is 1. The van der Waals surface area contributed by atoms with Crippen molar-refractivity contribution in [2.45, 2.75) is 68.8 Å². The summed E-state index contributed by atoms with van der Waals surface area (Å²) < 4.78 is 9.88. The molecule has 0 saturated heterocycles. The Kier molecular flexibility index (Phi) is 6.01. The minimum absolute atomic E-state index is 0.0328. The molecule has 3 atom stereocenters. The highest BCUT2D eigenvalue weighted by atomic mass is 32.2. The van der Waals surface area contributed by atoms with Crippen LogP contribution < -0.4 is 5.32 Å². The summed E-state index contributed by atoms with van der Waals surface area (Å²) in [6, 6.07) is 13.0. The molecule has 0 unspecified atom stereocenters. The predicted molar refractivity (Wildman–Crippen MR) is 176 cm³/mol. The minimum Gasteiger partial charge on any atom is -0.467 e. The van der Waals surface area contributed by atoms with Crippen molar-refractivity contribution in [2.24, 2.45) is 0 Å². The number of hydrogen-bond donors (Lipinski definition) is 2. The van der Waals surface area contributed by atoms with Gasteiger partial charge < -0.3 is 24.3 Å². The van der Waals surface area contributed by atoms with Gasteiger partial charge in [0.05, 0.1) is 29.2 Å². The van der Waals surface area contributed by atoms with E-state index in [2.05, 4.69) is 64.7 Å². The molecular weight excluding hydrogens is 579 g/mol. The van der Waals surface area contributed by atoms with Crippen LogP contribution in [0.2, 0.25) is 0 Å². The van der Waals surface area contributed by atoms with E-state index < -0.39 is 17.1 Å². The Morgan fingerprint density at radius 2 is 1.65 bits per heavy atom. The van der Waals surface area contributed by atoms with Gasteiger partial charge in [-0.15, -0.1) is 0 Å². The fraction of sp³-hybridized carbons (Fsp3) is 0.412. The average Bonchev–Trinajstić information content (AvgIpc) is 3.70. The third-order valence-corrected chi connectivity index (χ3v) is 12.1. The molecule has 4 heterocycles. The highest BCUT2D eigenvalue weighted by molar-refractivity contribution is 7.98. The van der Waals surface area contributed by atoms with Gasteiger partial charge in [0, 0.05) is 63.1 Å². The molecule has 43 heavy (non-hydrogen) atoms. The third-order valence-electron chi connectivity index (χ3n) is 10.2. The summed E-state index contributed by atoms with van der Waals surface area (Å²) >= 11 is 3.76. The van der Waals surface area contributed by atoms with Gasteiger partial charge in [-0.2, -0.15) is 23.5 Å². The van der Waals surface area contributed by atoms with Crippen molar-refractivity contribution in [3.63, 3.8) is 0 Å². The normalized spacial score (nSPS) is 24.0. The number of nitrogens with zero attached hydrogens (tertiary/aromatic N) is 2. The first-order valence-corrected chi connectivity index (χ1v) is 17.4. The molecule has 1 aliphatic carbocycles. The van der Waals surface area contributed by atoms with E-state index in [0.717, 1.165) is 77.8 Å². The summed E-state index contributed by atoms with van der Waals surface area (Å²) in [6.45, 7) is 6.80. The maximum atomic E-state index is 13.7. The molecular formula is C34H35N3O4S2. The zero-order chi connectivity index (χ0) is 29.8. The molecule has 0 radical (unpaired) electrons. The molecule has 7 nitrogen and oxygen atoms in total. The van der Waals surface area contributed by atoms with E-state index in [-0.39, 0.29) is 18.4 Å². The lowest BCUT2D eigenvalue weighted by Gasteiger charge is -2.39. The van der Waals surface area contributed by atoms with Gasteiger partial charge in [-0.25, -0.2) is 4.79 Å². The number of rotatable bonds is 7. The third kappa shape index (κ3) is 3.39. The number of thioether (sulfide) groups is 2. The summed E-state index contributed by atoms with van der Waals surface area (Å²) in [7, 11) is 1.36. The van der Waals surface area contributed by atoms with Crippen molar-refractivity contribution in [1.82, 2.24) is 14.5 Å². The van der Waals surface area contributed by atoms with Crippen molar-refractivity contribution in [3.05, 3.63) is 58.7 Å². The maximum absolute atomic E-state index is 13.7. The standard InChI is InChI=1S/C34H35N3O4S2/c1-5-42-16-18-7-9-24-21(11-18)27-28-23(15-35-31(28)38)26-22-12-19(17-43-6-2)8-10-25(22)37-30(26)29(27)36(24)20-13-33(37,3)34(40,14-20)32(39)41-4/h7-12,20,40H,5-6,13-17H2,1-4H3,(H,35,38)/t20-,33+,34+/m1/s1. The number of aliphatic hydroxyl groups is 1. The van der Waals surface area contributed by atoms with Crippen molar-refractivity contribution in [2.75, 3.05) is 18.6 Å². The van der Waals surface area contributed by atoms with Crippen molar-refractivity contribution >= 4 is 79.0 Å². The van der Waals surface area contributed by atoms with Crippen molar-refractivity contribution < 1.29 is 19.4 Å². The number of carbonyl (C=O) groups excluding carboxylic acids is 2. The summed E-state index contributed by atoms with van der Waals surface area (Å²) in [4.78, 5) is 27.2. The van der Waals surface area contributed by atoms with Gasteiger partial charge in [0.25, 0.3) is 5.91 Å². The number of nitrogens with one attached hydrogen (secondary N) is 1. The molecule has 2 N–H and O–H groups in total. The lowest BCUT2D eigenvalue weighted by atomic mass is 9.83. The number of hydrogen-bond acceptors (Lipinski definition) is 6. The first-order chi connectivity index (χ1) is 20.8. The van der Waals surface area contributed by atoms with E-state index >= 15 is 0 Å². The fourth-order valence-electron chi connectivity index (χ4n) is 8.38. The Labute approximate surface area is 258 Å². The van der Waals surface area contributed by atoms with Crippen molar-refractivity contribution in [3.8, 4) is 0 Å². The van der Waals surface area contributed by atoms with Gasteiger partial charge >= 0.3 is 5.97 Å². The number of carbonyl (C=O) groups is 2. The molecule has 5 aromatic rings. The lowest BCUT2D eigenvalue weighted by Crippen LogP contribution is -2.55. The second-order valence-corrected chi connectivity index (χ2v) is 14.9. The molecule has 1 fully saturated rings. The molecule has 3 aromatic carbocycles. The van der Waals surface area contributed by atoms with Gasteiger partial charge in [-0.05, 0) is 65.8 Å². The highest BCUT2D eigenvalue weighted by Gasteiger charge is 2.64. The maximum Gasteiger partial charge on any atom is 0.340 e. The first-order valence-electron chi connectivity index (χ1n) is 15.1. The number of benzene rings is 3. The average molecular weight is 614 g/mol. The van der Waals surface area contributed by atoms with Crippen LogP contribution in [0.4, 0.5) is 0 Å². The molecule has 9 heteroatoms. The second-order valence-electron chi connectivity index (χ2n) is 12.4. The van der Waals surface area contributed by atoms with Crippen LogP contribution >= 0.6 is 23.5 Å².